The monoisotopic (exact) mass is 332 g/mol. The van der Waals surface area contributed by atoms with Crippen molar-refractivity contribution in [2.24, 2.45) is 7.05 Å². The summed E-state index contributed by atoms with van der Waals surface area (Å²) < 4.78 is 1.65. The van der Waals surface area contributed by atoms with Crippen LogP contribution in [-0.2, 0) is 7.05 Å². The lowest BCUT2D eigenvalue weighted by Gasteiger charge is -2.30. The first-order valence-corrected chi connectivity index (χ1v) is 8.27. The second-order valence-electron chi connectivity index (χ2n) is 6.01. The number of benzene rings is 1. The van der Waals surface area contributed by atoms with Crippen LogP contribution in [0.1, 0.15) is 30.1 Å². The molecule has 0 bridgehead atoms. The standard InChI is InChI=1S/C17H21ClN4O/c1-11-15(8-5-9-19-11)20-17(23)13-10-22(2)21-16(13)12-6-3-4-7-14(12)18/h3-4,6-7,10-11,15,19H,5,8-9H2,1-2H3,(H,20,23). The Labute approximate surface area is 141 Å². The molecule has 2 atom stereocenters. The maximum absolute atomic E-state index is 12.7. The minimum absolute atomic E-state index is 0.103. The molecule has 1 fully saturated rings. The maximum atomic E-state index is 12.7. The molecular weight excluding hydrogens is 312 g/mol. The number of aryl methyl sites for hydroxylation is 1. The fraction of sp³-hybridized carbons (Fsp3) is 0.412. The smallest absolute Gasteiger partial charge is 0.255 e. The van der Waals surface area contributed by atoms with E-state index in [1.807, 2.05) is 25.2 Å². The molecule has 5 nitrogen and oxygen atoms in total. The Bertz CT molecular complexity index is 712. The molecule has 0 spiro atoms. The zero-order valence-corrected chi connectivity index (χ0v) is 14.1. The molecule has 0 radical (unpaired) electrons. The van der Waals surface area contributed by atoms with Gasteiger partial charge in [-0.3, -0.25) is 9.48 Å². The summed E-state index contributed by atoms with van der Waals surface area (Å²) in [5.41, 5.74) is 1.94. The number of amides is 1. The van der Waals surface area contributed by atoms with Crippen LogP contribution in [0.15, 0.2) is 30.5 Å². The van der Waals surface area contributed by atoms with E-state index in [9.17, 15) is 4.79 Å². The van der Waals surface area contributed by atoms with E-state index in [0.717, 1.165) is 24.9 Å². The number of rotatable bonds is 3. The van der Waals surface area contributed by atoms with Crippen molar-refractivity contribution in [2.75, 3.05) is 6.54 Å². The molecule has 1 aliphatic heterocycles. The molecule has 2 aromatic rings. The molecule has 0 saturated carbocycles. The van der Waals surface area contributed by atoms with Crippen LogP contribution < -0.4 is 10.6 Å². The molecule has 3 rings (SSSR count). The minimum Gasteiger partial charge on any atom is -0.348 e. The Morgan fingerprint density at radius 1 is 1.43 bits per heavy atom. The third-order valence-electron chi connectivity index (χ3n) is 4.28. The highest BCUT2D eigenvalue weighted by Gasteiger charge is 2.25. The quantitative estimate of drug-likeness (QED) is 0.908. The van der Waals surface area contributed by atoms with E-state index in [0.29, 0.717) is 16.3 Å². The Morgan fingerprint density at radius 3 is 2.96 bits per heavy atom. The number of halogens is 1. The average Bonchev–Trinajstić information content (AvgIpc) is 2.92. The topological polar surface area (TPSA) is 58.9 Å². The Balaban J connectivity index is 1.88. The van der Waals surface area contributed by atoms with Gasteiger partial charge in [-0.1, -0.05) is 29.8 Å². The van der Waals surface area contributed by atoms with Gasteiger partial charge in [0.05, 0.1) is 10.6 Å². The average molecular weight is 333 g/mol. The maximum Gasteiger partial charge on any atom is 0.255 e. The van der Waals surface area contributed by atoms with Crippen molar-refractivity contribution in [3.8, 4) is 11.3 Å². The molecule has 2 heterocycles. The van der Waals surface area contributed by atoms with Crippen LogP contribution in [0.3, 0.4) is 0 Å². The summed E-state index contributed by atoms with van der Waals surface area (Å²) >= 11 is 6.27. The molecule has 6 heteroatoms. The lowest BCUT2D eigenvalue weighted by molar-refractivity contribution is 0.0920. The molecule has 1 aromatic carbocycles. The summed E-state index contributed by atoms with van der Waals surface area (Å²) in [4.78, 5) is 12.7. The fourth-order valence-corrected chi connectivity index (χ4v) is 3.22. The lowest BCUT2D eigenvalue weighted by Crippen LogP contribution is -2.51. The van der Waals surface area contributed by atoms with Crippen LogP contribution >= 0.6 is 11.6 Å². The van der Waals surface area contributed by atoms with Gasteiger partial charge in [0.15, 0.2) is 0 Å². The van der Waals surface area contributed by atoms with Crippen LogP contribution in [0.2, 0.25) is 5.02 Å². The SMILES string of the molecule is CC1NCCCC1NC(=O)c1cn(C)nc1-c1ccccc1Cl. The number of carbonyl (C=O) groups excluding carboxylic acids is 1. The highest BCUT2D eigenvalue weighted by molar-refractivity contribution is 6.33. The van der Waals surface area contributed by atoms with E-state index in [2.05, 4.69) is 22.7 Å². The van der Waals surface area contributed by atoms with Gasteiger partial charge in [0.1, 0.15) is 5.69 Å². The number of piperidine rings is 1. The van der Waals surface area contributed by atoms with Crippen molar-refractivity contribution in [3.63, 3.8) is 0 Å². The predicted molar refractivity (Wildman–Crippen MR) is 91.6 cm³/mol. The summed E-state index contributed by atoms with van der Waals surface area (Å²) in [6, 6.07) is 7.85. The van der Waals surface area contributed by atoms with Gasteiger partial charge in [-0.05, 0) is 32.4 Å². The van der Waals surface area contributed by atoms with Crippen molar-refractivity contribution in [3.05, 3.63) is 41.0 Å². The summed E-state index contributed by atoms with van der Waals surface area (Å²) in [5, 5.41) is 11.5. The highest BCUT2D eigenvalue weighted by atomic mass is 35.5. The van der Waals surface area contributed by atoms with Crippen LogP contribution in [-0.4, -0.2) is 34.3 Å². The molecule has 1 saturated heterocycles. The fourth-order valence-electron chi connectivity index (χ4n) is 2.99. The number of nitrogens with one attached hydrogen (secondary N) is 2. The van der Waals surface area contributed by atoms with Gasteiger partial charge in [0.2, 0.25) is 0 Å². The van der Waals surface area contributed by atoms with Crippen molar-refractivity contribution in [1.82, 2.24) is 20.4 Å². The van der Waals surface area contributed by atoms with Gasteiger partial charge >= 0.3 is 0 Å². The molecule has 1 aliphatic rings. The zero-order valence-electron chi connectivity index (χ0n) is 13.3. The van der Waals surface area contributed by atoms with Gasteiger partial charge in [0, 0.05) is 30.9 Å². The Kier molecular flexibility index (Phi) is 4.68. The largest absolute Gasteiger partial charge is 0.348 e. The molecular formula is C17H21ClN4O. The predicted octanol–water partition coefficient (Wildman–Crippen LogP) is 2.61. The van der Waals surface area contributed by atoms with Gasteiger partial charge in [-0.2, -0.15) is 5.10 Å². The number of aromatic nitrogens is 2. The van der Waals surface area contributed by atoms with Crippen LogP contribution in [0.4, 0.5) is 0 Å². The highest BCUT2D eigenvalue weighted by Crippen LogP contribution is 2.29. The van der Waals surface area contributed by atoms with Gasteiger partial charge in [0.25, 0.3) is 5.91 Å². The summed E-state index contributed by atoms with van der Waals surface area (Å²) in [7, 11) is 1.81. The number of carbonyl (C=O) groups is 1. The molecule has 1 amide bonds. The van der Waals surface area contributed by atoms with Gasteiger partial charge in [-0.25, -0.2) is 0 Å². The van der Waals surface area contributed by atoms with Crippen molar-refractivity contribution in [2.45, 2.75) is 31.8 Å². The Morgan fingerprint density at radius 2 is 2.22 bits per heavy atom. The van der Waals surface area contributed by atoms with Crippen molar-refractivity contribution >= 4 is 17.5 Å². The van der Waals surface area contributed by atoms with E-state index in [-0.39, 0.29) is 18.0 Å². The van der Waals surface area contributed by atoms with E-state index in [1.165, 1.54) is 0 Å². The van der Waals surface area contributed by atoms with Gasteiger partial charge in [-0.15, -0.1) is 0 Å². The second-order valence-corrected chi connectivity index (χ2v) is 6.42. The second kappa shape index (κ2) is 6.72. The first-order chi connectivity index (χ1) is 11.1. The normalized spacial score (nSPS) is 21.2. The third-order valence-corrected chi connectivity index (χ3v) is 4.61. The third kappa shape index (κ3) is 3.41. The molecule has 2 unspecified atom stereocenters. The molecule has 122 valence electrons. The molecule has 23 heavy (non-hydrogen) atoms. The molecule has 2 N–H and O–H groups in total. The van der Waals surface area contributed by atoms with Crippen molar-refractivity contribution < 1.29 is 4.79 Å². The summed E-state index contributed by atoms with van der Waals surface area (Å²) in [6.45, 7) is 3.10. The van der Waals surface area contributed by atoms with E-state index >= 15 is 0 Å². The summed E-state index contributed by atoms with van der Waals surface area (Å²) in [5.74, 6) is -0.103. The Hall–Kier alpha value is -1.85. The number of hydrogen-bond acceptors (Lipinski definition) is 3. The number of hydrogen-bond donors (Lipinski definition) is 2. The minimum atomic E-state index is -0.103. The van der Waals surface area contributed by atoms with E-state index in [4.69, 9.17) is 11.6 Å². The molecule has 1 aromatic heterocycles. The lowest BCUT2D eigenvalue weighted by atomic mass is 9.99. The van der Waals surface area contributed by atoms with Crippen LogP contribution in [0.25, 0.3) is 11.3 Å². The first kappa shape index (κ1) is 16.0. The van der Waals surface area contributed by atoms with E-state index < -0.39 is 0 Å². The molecule has 0 aliphatic carbocycles. The van der Waals surface area contributed by atoms with Crippen molar-refractivity contribution in [1.29, 1.82) is 0 Å². The van der Waals surface area contributed by atoms with Crippen LogP contribution in [0, 0.1) is 0 Å². The first-order valence-electron chi connectivity index (χ1n) is 7.89. The summed E-state index contributed by atoms with van der Waals surface area (Å²) in [6.07, 6.45) is 3.80. The van der Waals surface area contributed by atoms with Crippen LogP contribution in [0.5, 0.6) is 0 Å². The van der Waals surface area contributed by atoms with E-state index in [1.54, 1.807) is 16.9 Å². The number of nitrogens with zero attached hydrogens (tertiary/aromatic N) is 2. The van der Waals surface area contributed by atoms with Gasteiger partial charge < -0.3 is 10.6 Å². The zero-order chi connectivity index (χ0) is 16.4.